The van der Waals surface area contributed by atoms with E-state index in [-0.39, 0.29) is 0 Å². The topological polar surface area (TPSA) is 32.3 Å². The lowest BCUT2D eigenvalue weighted by Crippen LogP contribution is -2.37. The summed E-state index contributed by atoms with van der Waals surface area (Å²) >= 11 is 1.75. The average molecular weight is 225 g/mol. The minimum Gasteiger partial charge on any atom is -0.389 e. The molecule has 1 saturated carbocycles. The molecular weight excluding hydrogens is 206 g/mol. The van der Waals surface area contributed by atoms with E-state index < -0.39 is 5.60 Å². The van der Waals surface area contributed by atoms with Crippen molar-refractivity contribution in [3.05, 3.63) is 21.9 Å². The van der Waals surface area contributed by atoms with Crippen molar-refractivity contribution in [2.45, 2.75) is 44.8 Å². The SMILES string of the molecule is Cc1cscc1CNCC1(O)CCCC1. The molecule has 2 N–H and O–H groups in total. The Labute approximate surface area is 95.3 Å². The molecule has 0 radical (unpaired) electrons. The zero-order valence-corrected chi connectivity index (χ0v) is 10.1. The predicted octanol–water partition coefficient (Wildman–Crippen LogP) is 2.45. The molecule has 15 heavy (non-hydrogen) atoms. The van der Waals surface area contributed by atoms with Gasteiger partial charge in [-0.05, 0) is 41.7 Å². The maximum Gasteiger partial charge on any atom is 0.0771 e. The molecule has 0 amide bonds. The van der Waals surface area contributed by atoms with Gasteiger partial charge in [0.2, 0.25) is 0 Å². The Kier molecular flexibility index (Phi) is 3.44. The van der Waals surface area contributed by atoms with Crippen LogP contribution >= 0.6 is 11.3 Å². The Morgan fingerprint density at radius 1 is 1.40 bits per heavy atom. The van der Waals surface area contributed by atoms with Gasteiger partial charge in [-0.2, -0.15) is 11.3 Å². The Bertz CT molecular complexity index is 315. The number of nitrogens with one attached hydrogen (secondary N) is 1. The normalized spacial score (nSPS) is 19.6. The first-order valence-electron chi connectivity index (χ1n) is 5.64. The van der Waals surface area contributed by atoms with Crippen molar-refractivity contribution < 1.29 is 5.11 Å². The van der Waals surface area contributed by atoms with E-state index in [1.165, 1.54) is 24.0 Å². The molecule has 84 valence electrons. The molecule has 1 aromatic heterocycles. The summed E-state index contributed by atoms with van der Waals surface area (Å²) < 4.78 is 0. The lowest BCUT2D eigenvalue weighted by molar-refractivity contribution is 0.0475. The molecule has 0 atom stereocenters. The van der Waals surface area contributed by atoms with E-state index in [0.29, 0.717) is 0 Å². The molecule has 0 unspecified atom stereocenters. The van der Waals surface area contributed by atoms with Crippen molar-refractivity contribution in [1.29, 1.82) is 0 Å². The third kappa shape index (κ3) is 2.80. The van der Waals surface area contributed by atoms with Gasteiger partial charge in [-0.25, -0.2) is 0 Å². The van der Waals surface area contributed by atoms with Gasteiger partial charge in [0.1, 0.15) is 0 Å². The summed E-state index contributed by atoms with van der Waals surface area (Å²) in [6.45, 7) is 3.76. The molecule has 0 aromatic carbocycles. The molecule has 1 aromatic rings. The van der Waals surface area contributed by atoms with Crippen LogP contribution in [-0.2, 0) is 6.54 Å². The summed E-state index contributed by atoms with van der Waals surface area (Å²) in [6, 6.07) is 0. The Balaban J connectivity index is 1.77. The van der Waals surface area contributed by atoms with Crippen LogP contribution in [0, 0.1) is 6.92 Å². The van der Waals surface area contributed by atoms with Gasteiger partial charge in [0, 0.05) is 13.1 Å². The monoisotopic (exact) mass is 225 g/mol. The van der Waals surface area contributed by atoms with Crippen LogP contribution in [-0.4, -0.2) is 17.3 Å². The molecule has 1 aliphatic rings. The first kappa shape index (κ1) is 11.1. The smallest absolute Gasteiger partial charge is 0.0771 e. The van der Waals surface area contributed by atoms with Crippen molar-refractivity contribution in [3.63, 3.8) is 0 Å². The van der Waals surface area contributed by atoms with E-state index in [0.717, 1.165) is 25.9 Å². The molecule has 1 fully saturated rings. The summed E-state index contributed by atoms with van der Waals surface area (Å²) in [4.78, 5) is 0. The largest absolute Gasteiger partial charge is 0.389 e. The van der Waals surface area contributed by atoms with Crippen LogP contribution in [0.5, 0.6) is 0 Å². The van der Waals surface area contributed by atoms with E-state index in [9.17, 15) is 5.11 Å². The van der Waals surface area contributed by atoms with Crippen LogP contribution in [0.3, 0.4) is 0 Å². The van der Waals surface area contributed by atoms with Crippen molar-refractivity contribution in [2.75, 3.05) is 6.54 Å². The van der Waals surface area contributed by atoms with Gasteiger partial charge < -0.3 is 10.4 Å². The molecule has 1 aliphatic carbocycles. The number of thiophene rings is 1. The highest BCUT2D eigenvalue weighted by Crippen LogP contribution is 2.28. The minimum absolute atomic E-state index is 0.427. The molecule has 2 rings (SSSR count). The second-order valence-corrected chi connectivity index (χ2v) is 5.36. The number of hydrogen-bond acceptors (Lipinski definition) is 3. The highest BCUT2D eigenvalue weighted by Gasteiger charge is 2.30. The van der Waals surface area contributed by atoms with Crippen LogP contribution in [0.25, 0.3) is 0 Å². The van der Waals surface area contributed by atoms with E-state index in [1.807, 2.05) is 0 Å². The first-order chi connectivity index (χ1) is 7.20. The molecule has 0 aliphatic heterocycles. The van der Waals surface area contributed by atoms with Gasteiger partial charge in [0.15, 0.2) is 0 Å². The summed E-state index contributed by atoms with van der Waals surface area (Å²) in [5, 5.41) is 17.8. The first-order valence-corrected chi connectivity index (χ1v) is 6.59. The Morgan fingerprint density at radius 2 is 2.13 bits per heavy atom. The van der Waals surface area contributed by atoms with Gasteiger partial charge in [-0.1, -0.05) is 12.8 Å². The summed E-state index contributed by atoms with van der Waals surface area (Å²) in [5.41, 5.74) is 2.29. The average Bonchev–Trinajstić information content (AvgIpc) is 2.78. The zero-order valence-electron chi connectivity index (χ0n) is 9.25. The fraction of sp³-hybridized carbons (Fsp3) is 0.667. The zero-order chi connectivity index (χ0) is 10.7. The highest BCUT2D eigenvalue weighted by atomic mass is 32.1. The molecule has 0 spiro atoms. The molecular formula is C12H19NOS. The van der Waals surface area contributed by atoms with Gasteiger partial charge in [-0.15, -0.1) is 0 Å². The van der Waals surface area contributed by atoms with E-state index >= 15 is 0 Å². The molecule has 1 heterocycles. The summed E-state index contributed by atoms with van der Waals surface area (Å²) in [7, 11) is 0. The number of aliphatic hydroxyl groups is 1. The fourth-order valence-corrected chi connectivity index (χ4v) is 3.06. The van der Waals surface area contributed by atoms with E-state index in [4.69, 9.17) is 0 Å². The molecule has 0 bridgehead atoms. The lowest BCUT2D eigenvalue weighted by atomic mass is 10.0. The van der Waals surface area contributed by atoms with Crippen LogP contribution in [0.15, 0.2) is 10.8 Å². The van der Waals surface area contributed by atoms with Crippen LogP contribution in [0.1, 0.15) is 36.8 Å². The van der Waals surface area contributed by atoms with Crippen molar-refractivity contribution >= 4 is 11.3 Å². The summed E-state index contributed by atoms with van der Waals surface area (Å²) in [6.07, 6.45) is 4.27. The van der Waals surface area contributed by atoms with Crippen LogP contribution in [0.2, 0.25) is 0 Å². The maximum absolute atomic E-state index is 10.1. The van der Waals surface area contributed by atoms with E-state index in [1.54, 1.807) is 11.3 Å². The standard InChI is InChI=1S/C12H19NOS/c1-10-7-15-8-11(10)6-13-9-12(14)4-2-3-5-12/h7-8,13-14H,2-6,9H2,1H3. The number of rotatable bonds is 4. The predicted molar refractivity (Wildman–Crippen MR) is 64.2 cm³/mol. The van der Waals surface area contributed by atoms with Crippen molar-refractivity contribution in [3.8, 4) is 0 Å². The second kappa shape index (κ2) is 4.64. The third-order valence-corrected chi connectivity index (χ3v) is 4.18. The van der Waals surface area contributed by atoms with Crippen LogP contribution < -0.4 is 5.32 Å². The Morgan fingerprint density at radius 3 is 2.73 bits per heavy atom. The van der Waals surface area contributed by atoms with Gasteiger partial charge in [-0.3, -0.25) is 0 Å². The maximum atomic E-state index is 10.1. The molecule has 2 nitrogen and oxygen atoms in total. The van der Waals surface area contributed by atoms with Gasteiger partial charge >= 0.3 is 0 Å². The second-order valence-electron chi connectivity index (χ2n) is 4.62. The van der Waals surface area contributed by atoms with Crippen molar-refractivity contribution in [1.82, 2.24) is 5.32 Å². The van der Waals surface area contributed by atoms with Crippen LogP contribution in [0.4, 0.5) is 0 Å². The summed E-state index contributed by atoms with van der Waals surface area (Å²) in [5.74, 6) is 0. The number of hydrogen-bond donors (Lipinski definition) is 2. The van der Waals surface area contributed by atoms with Crippen molar-refractivity contribution in [2.24, 2.45) is 0 Å². The third-order valence-electron chi connectivity index (χ3n) is 3.27. The lowest BCUT2D eigenvalue weighted by Gasteiger charge is -2.22. The highest BCUT2D eigenvalue weighted by molar-refractivity contribution is 7.08. The van der Waals surface area contributed by atoms with Gasteiger partial charge in [0.05, 0.1) is 5.60 Å². The molecule has 3 heteroatoms. The minimum atomic E-state index is -0.427. The Hall–Kier alpha value is -0.380. The fourth-order valence-electron chi connectivity index (χ4n) is 2.21. The quantitative estimate of drug-likeness (QED) is 0.825. The van der Waals surface area contributed by atoms with E-state index in [2.05, 4.69) is 23.0 Å². The van der Waals surface area contributed by atoms with Gasteiger partial charge in [0.25, 0.3) is 0 Å². The molecule has 0 saturated heterocycles. The number of aryl methyl sites for hydroxylation is 1.